The zero-order valence-corrected chi connectivity index (χ0v) is 17.2. The van der Waals surface area contributed by atoms with Crippen molar-refractivity contribution in [2.75, 3.05) is 33.3 Å². The number of nitrogens with zero attached hydrogens (tertiary/aromatic N) is 3. The number of amides is 2. The number of primary amides is 1. The van der Waals surface area contributed by atoms with Crippen molar-refractivity contribution in [1.82, 2.24) is 13.8 Å². The Bertz CT molecular complexity index is 1010. The molecule has 1 aliphatic rings. The second kappa shape index (κ2) is 8.26. The third kappa shape index (κ3) is 4.43. The summed E-state index contributed by atoms with van der Waals surface area (Å²) in [4.78, 5) is 25.6. The summed E-state index contributed by atoms with van der Waals surface area (Å²) >= 11 is 0. The van der Waals surface area contributed by atoms with E-state index in [0.29, 0.717) is 13.1 Å². The van der Waals surface area contributed by atoms with Crippen LogP contribution in [0, 0.1) is 0 Å². The Hall–Kier alpha value is -2.85. The van der Waals surface area contributed by atoms with E-state index in [1.165, 1.54) is 21.1 Å². The summed E-state index contributed by atoms with van der Waals surface area (Å²) in [6.07, 6.45) is 1.62. The van der Waals surface area contributed by atoms with E-state index in [2.05, 4.69) is 0 Å². The molecule has 29 heavy (non-hydrogen) atoms. The summed E-state index contributed by atoms with van der Waals surface area (Å²) in [6, 6.07) is 8.55. The predicted octanol–water partition coefficient (Wildman–Crippen LogP) is 0.208. The van der Waals surface area contributed by atoms with E-state index in [1.54, 1.807) is 31.2 Å². The molecule has 2 heterocycles. The lowest BCUT2D eigenvalue weighted by molar-refractivity contribution is -0.131. The van der Waals surface area contributed by atoms with Crippen molar-refractivity contribution in [3.8, 4) is 5.75 Å². The van der Waals surface area contributed by atoms with Gasteiger partial charge in [0.05, 0.1) is 13.5 Å². The van der Waals surface area contributed by atoms with E-state index in [1.807, 2.05) is 12.1 Å². The summed E-state index contributed by atoms with van der Waals surface area (Å²) in [5.41, 5.74) is 6.25. The highest BCUT2D eigenvalue weighted by atomic mass is 32.2. The molecule has 1 aromatic carbocycles. The highest BCUT2D eigenvalue weighted by Gasteiger charge is 2.31. The SMILES string of the molecule is COc1ccc(CC(=O)N2CCN(S(=O)(=O)c3cc(C(N)=O)n(C)c3)CC2)cc1. The smallest absolute Gasteiger partial charge is 0.265 e. The van der Waals surface area contributed by atoms with Crippen LogP contribution in [0.25, 0.3) is 0 Å². The number of sulfonamides is 1. The lowest BCUT2D eigenvalue weighted by Crippen LogP contribution is -2.50. The van der Waals surface area contributed by atoms with Gasteiger partial charge in [-0.15, -0.1) is 0 Å². The Morgan fingerprint density at radius 1 is 1.10 bits per heavy atom. The number of aromatic nitrogens is 1. The van der Waals surface area contributed by atoms with Crippen molar-refractivity contribution >= 4 is 21.8 Å². The van der Waals surface area contributed by atoms with Crippen LogP contribution >= 0.6 is 0 Å². The number of benzene rings is 1. The molecular weight excluding hydrogens is 396 g/mol. The molecule has 1 fully saturated rings. The maximum Gasteiger partial charge on any atom is 0.265 e. The van der Waals surface area contributed by atoms with Crippen LogP contribution in [0.2, 0.25) is 0 Å². The van der Waals surface area contributed by atoms with Crippen LogP contribution in [0.3, 0.4) is 0 Å². The number of hydrogen-bond donors (Lipinski definition) is 1. The molecule has 9 nitrogen and oxygen atoms in total. The first-order valence-electron chi connectivity index (χ1n) is 9.09. The topological polar surface area (TPSA) is 115 Å². The van der Waals surface area contributed by atoms with E-state index >= 15 is 0 Å². The Kier molecular flexibility index (Phi) is 5.94. The molecule has 0 saturated carbocycles. The third-order valence-corrected chi connectivity index (χ3v) is 6.84. The van der Waals surface area contributed by atoms with Crippen molar-refractivity contribution in [2.24, 2.45) is 12.8 Å². The maximum absolute atomic E-state index is 12.8. The number of aryl methyl sites for hydroxylation is 1. The van der Waals surface area contributed by atoms with Gasteiger partial charge >= 0.3 is 0 Å². The summed E-state index contributed by atoms with van der Waals surface area (Å²) < 4.78 is 33.5. The summed E-state index contributed by atoms with van der Waals surface area (Å²) in [7, 11) is -0.615. The van der Waals surface area contributed by atoms with Crippen LogP contribution in [0.5, 0.6) is 5.75 Å². The molecule has 0 radical (unpaired) electrons. The molecule has 2 amide bonds. The first kappa shape index (κ1) is 20.9. The summed E-state index contributed by atoms with van der Waals surface area (Å²) in [5, 5.41) is 0. The first-order chi connectivity index (χ1) is 13.7. The van der Waals surface area contributed by atoms with Gasteiger partial charge in [0.25, 0.3) is 5.91 Å². The average Bonchev–Trinajstić information content (AvgIpc) is 3.11. The number of carbonyl (C=O) groups is 2. The van der Waals surface area contributed by atoms with Crippen LogP contribution in [0.1, 0.15) is 16.1 Å². The molecule has 0 spiro atoms. The fourth-order valence-electron chi connectivity index (χ4n) is 3.28. The van der Waals surface area contributed by atoms with Gasteiger partial charge < -0.3 is 19.9 Å². The molecule has 3 rings (SSSR count). The van der Waals surface area contributed by atoms with E-state index < -0.39 is 15.9 Å². The van der Waals surface area contributed by atoms with Crippen LogP contribution in [-0.2, 0) is 28.3 Å². The number of ether oxygens (including phenoxy) is 1. The zero-order chi connectivity index (χ0) is 21.2. The molecular formula is C19H24N4O5S. The average molecular weight is 420 g/mol. The van der Waals surface area contributed by atoms with Gasteiger partial charge in [0, 0.05) is 39.4 Å². The highest BCUT2D eigenvalue weighted by Crippen LogP contribution is 2.20. The molecule has 0 bridgehead atoms. The normalized spacial score (nSPS) is 15.3. The molecule has 0 atom stereocenters. The molecule has 10 heteroatoms. The molecule has 1 aliphatic heterocycles. The van der Waals surface area contributed by atoms with Gasteiger partial charge in [0.15, 0.2) is 0 Å². The molecule has 2 aromatic rings. The van der Waals surface area contributed by atoms with E-state index in [4.69, 9.17) is 10.5 Å². The van der Waals surface area contributed by atoms with Gasteiger partial charge in [-0.1, -0.05) is 12.1 Å². The minimum atomic E-state index is -3.76. The predicted molar refractivity (Wildman–Crippen MR) is 106 cm³/mol. The van der Waals surface area contributed by atoms with Crippen molar-refractivity contribution in [3.63, 3.8) is 0 Å². The number of rotatable bonds is 6. The molecule has 156 valence electrons. The first-order valence-corrected chi connectivity index (χ1v) is 10.5. The molecule has 2 N–H and O–H groups in total. The molecule has 1 saturated heterocycles. The summed E-state index contributed by atoms with van der Waals surface area (Å²) in [5.74, 6) is -0.0220. The standard InChI is InChI=1S/C19H24N4O5S/c1-21-13-16(12-17(21)19(20)25)29(26,27)23-9-7-22(8-10-23)18(24)11-14-3-5-15(28-2)6-4-14/h3-6,12-13H,7-11H2,1-2H3,(H2,20,25). The lowest BCUT2D eigenvalue weighted by Gasteiger charge is -2.34. The van der Waals surface area contributed by atoms with Crippen LogP contribution < -0.4 is 10.5 Å². The van der Waals surface area contributed by atoms with Gasteiger partial charge in [-0.05, 0) is 23.8 Å². The number of hydrogen-bond acceptors (Lipinski definition) is 5. The number of nitrogens with two attached hydrogens (primary N) is 1. The third-order valence-electron chi connectivity index (χ3n) is 4.98. The van der Waals surface area contributed by atoms with Crippen molar-refractivity contribution in [3.05, 3.63) is 47.8 Å². The fraction of sp³-hybridized carbons (Fsp3) is 0.368. The van der Waals surface area contributed by atoms with Crippen LogP contribution in [-0.4, -0.2) is 67.3 Å². The number of methoxy groups -OCH3 is 1. The minimum absolute atomic E-state index is 0.0202. The Morgan fingerprint density at radius 2 is 1.72 bits per heavy atom. The number of piperazine rings is 1. The Labute approximate surface area is 169 Å². The van der Waals surface area contributed by atoms with Crippen LogP contribution in [0.4, 0.5) is 0 Å². The second-order valence-electron chi connectivity index (χ2n) is 6.85. The fourth-order valence-corrected chi connectivity index (χ4v) is 4.77. The van der Waals surface area contributed by atoms with Gasteiger partial charge in [-0.25, -0.2) is 8.42 Å². The van der Waals surface area contributed by atoms with E-state index in [-0.39, 0.29) is 36.0 Å². The largest absolute Gasteiger partial charge is 0.497 e. The van der Waals surface area contributed by atoms with Crippen molar-refractivity contribution < 1.29 is 22.7 Å². The zero-order valence-electron chi connectivity index (χ0n) is 16.4. The second-order valence-corrected chi connectivity index (χ2v) is 8.78. The maximum atomic E-state index is 12.8. The van der Waals surface area contributed by atoms with Gasteiger partial charge in [0.2, 0.25) is 15.9 Å². The van der Waals surface area contributed by atoms with Crippen molar-refractivity contribution in [2.45, 2.75) is 11.3 Å². The highest BCUT2D eigenvalue weighted by molar-refractivity contribution is 7.89. The quantitative estimate of drug-likeness (QED) is 0.717. The minimum Gasteiger partial charge on any atom is -0.497 e. The lowest BCUT2D eigenvalue weighted by atomic mass is 10.1. The van der Waals surface area contributed by atoms with Gasteiger partial charge in [0.1, 0.15) is 16.3 Å². The Balaban J connectivity index is 1.62. The number of carbonyl (C=O) groups excluding carboxylic acids is 2. The van der Waals surface area contributed by atoms with Gasteiger partial charge in [-0.2, -0.15) is 4.31 Å². The molecule has 1 aromatic heterocycles. The monoisotopic (exact) mass is 420 g/mol. The molecule has 0 unspecified atom stereocenters. The summed E-state index contributed by atoms with van der Waals surface area (Å²) in [6.45, 7) is 1.00. The molecule has 0 aliphatic carbocycles. The van der Waals surface area contributed by atoms with Gasteiger partial charge in [-0.3, -0.25) is 9.59 Å². The van der Waals surface area contributed by atoms with Crippen LogP contribution in [0.15, 0.2) is 41.4 Å². The van der Waals surface area contributed by atoms with E-state index in [0.717, 1.165) is 11.3 Å². The Morgan fingerprint density at radius 3 is 2.24 bits per heavy atom. The van der Waals surface area contributed by atoms with E-state index in [9.17, 15) is 18.0 Å². The van der Waals surface area contributed by atoms with Crippen molar-refractivity contribution in [1.29, 1.82) is 0 Å².